The SMILES string of the molecule is CCCCCCCC(=O)OCC(O)COP(=O)(O)O. The molecule has 0 radical (unpaired) electrons. The lowest BCUT2D eigenvalue weighted by Gasteiger charge is -2.12. The van der Waals surface area contributed by atoms with Gasteiger partial charge in [-0.2, -0.15) is 0 Å². The Bertz CT molecular complexity index is 289. The number of phosphoric ester groups is 1. The molecule has 3 N–H and O–H groups in total. The number of hydrogen-bond donors (Lipinski definition) is 3. The molecular formula is C11H23O7P. The summed E-state index contributed by atoms with van der Waals surface area (Å²) in [6.07, 6.45) is 4.12. The van der Waals surface area contributed by atoms with E-state index >= 15 is 0 Å². The first-order valence-electron chi connectivity index (χ1n) is 6.39. The number of carbonyl (C=O) groups excluding carboxylic acids is 1. The summed E-state index contributed by atoms with van der Waals surface area (Å²) in [6, 6.07) is 0. The molecule has 114 valence electrons. The summed E-state index contributed by atoms with van der Waals surface area (Å²) in [4.78, 5) is 28.1. The number of aliphatic hydroxyl groups is 1. The Morgan fingerprint density at radius 2 is 1.79 bits per heavy atom. The largest absolute Gasteiger partial charge is 0.469 e. The van der Waals surface area contributed by atoms with E-state index in [0.29, 0.717) is 0 Å². The molecule has 1 atom stereocenters. The van der Waals surface area contributed by atoms with Gasteiger partial charge in [0, 0.05) is 6.42 Å². The summed E-state index contributed by atoms with van der Waals surface area (Å²) >= 11 is 0. The smallest absolute Gasteiger partial charge is 0.463 e. The topological polar surface area (TPSA) is 113 Å². The zero-order valence-corrected chi connectivity index (χ0v) is 12.1. The van der Waals surface area contributed by atoms with E-state index in [0.717, 1.165) is 32.1 Å². The lowest BCUT2D eigenvalue weighted by molar-refractivity contribution is -0.147. The van der Waals surface area contributed by atoms with Crippen LogP contribution in [0.2, 0.25) is 0 Å². The third-order valence-electron chi connectivity index (χ3n) is 2.36. The average molecular weight is 298 g/mol. The van der Waals surface area contributed by atoms with Crippen molar-refractivity contribution in [2.75, 3.05) is 13.2 Å². The average Bonchev–Trinajstić information content (AvgIpc) is 2.32. The molecule has 0 aromatic rings. The zero-order chi connectivity index (χ0) is 14.7. The number of ether oxygens (including phenoxy) is 1. The maximum atomic E-state index is 11.3. The minimum Gasteiger partial charge on any atom is -0.463 e. The molecule has 0 aromatic carbocycles. The fraction of sp³-hybridized carbons (Fsp3) is 0.909. The minimum absolute atomic E-state index is 0.287. The Morgan fingerprint density at radius 1 is 1.16 bits per heavy atom. The second-order valence-corrected chi connectivity index (χ2v) is 5.53. The standard InChI is InChI=1S/C11H23O7P/c1-2-3-4-5-6-7-11(13)17-8-10(12)9-18-19(14,15)16/h10,12H,2-9H2,1H3,(H2,14,15,16). The molecule has 1 unspecified atom stereocenters. The fourth-order valence-electron chi connectivity index (χ4n) is 1.37. The van der Waals surface area contributed by atoms with Crippen molar-refractivity contribution in [3.63, 3.8) is 0 Å². The molecule has 0 saturated carbocycles. The fourth-order valence-corrected chi connectivity index (χ4v) is 1.73. The Balaban J connectivity index is 3.53. The molecule has 0 saturated heterocycles. The monoisotopic (exact) mass is 298 g/mol. The van der Waals surface area contributed by atoms with E-state index in [1.54, 1.807) is 0 Å². The summed E-state index contributed by atoms with van der Waals surface area (Å²) in [5.41, 5.74) is 0. The number of unbranched alkanes of at least 4 members (excludes halogenated alkanes) is 4. The van der Waals surface area contributed by atoms with Crippen molar-refractivity contribution in [1.29, 1.82) is 0 Å². The van der Waals surface area contributed by atoms with Crippen molar-refractivity contribution in [2.24, 2.45) is 0 Å². The normalized spacial score (nSPS) is 13.3. The number of aliphatic hydroxyl groups excluding tert-OH is 1. The number of esters is 1. The van der Waals surface area contributed by atoms with Gasteiger partial charge in [-0.15, -0.1) is 0 Å². The maximum Gasteiger partial charge on any atom is 0.469 e. The molecule has 0 aliphatic carbocycles. The van der Waals surface area contributed by atoms with E-state index in [2.05, 4.69) is 11.4 Å². The molecule has 0 bridgehead atoms. The second-order valence-electron chi connectivity index (χ2n) is 4.29. The number of hydrogen-bond acceptors (Lipinski definition) is 5. The molecule has 0 aromatic heterocycles. The predicted molar refractivity (Wildman–Crippen MR) is 68.3 cm³/mol. The molecule has 19 heavy (non-hydrogen) atoms. The molecule has 0 aliphatic heterocycles. The third-order valence-corrected chi connectivity index (χ3v) is 2.84. The van der Waals surface area contributed by atoms with Gasteiger partial charge in [0.05, 0.1) is 6.61 Å². The Morgan fingerprint density at radius 3 is 2.37 bits per heavy atom. The quantitative estimate of drug-likeness (QED) is 0.300. The molecular weight excluding hydrogens is 275 g/mol. The van der Waals surface area contributed by atoms with Gasteiger partial charge in [-0.05, 0) is 6.42 Å². The lowest BCUT2D eigenvalue weighted by Crippen LogP contribution is -2.23. The van der Waals surface area contributed by atoms with Gasteiger partial charge in [0.25, 0.3) is 0 Å². The van der Waals surface area contributed by atoms with E-state index < -0.39 is 26.5 Å². The van der Waals surface area contributed by atoms with Crippen LogP contribution >= 0.6 is 7.82 Å². The third kappa shape index (κ3) is 13.8. The minimum atomic E-state index is -4.60. The molecule has 0 aliphatic rings. The maximum absolute atomic E-state index is 11.3. The van der Waals surface area contributed by atoms with E-state index in [9.17, 15) is 14.5 Å². The highest BCUT2D eigenvalue weighted by Gasteiger charge is 2.17. The summed E-state index contributed by atoms with van der Waals surface area (Å²) in [5, 5.41) is 9.26. The van der Waals surface area contributed by atoms with Crippen molar-refractivity contribution in [3.8, 4) is 0 Å². The van der Waals surface area contributed by atoms with Crippen LogP contribution in [0.4, 0.5) is 0 Å². The van der Waals surface area contributed by atoms with Crippen molar-refractivity contribution in [3.05, 3.63) is 0 Å². The van der Waals surface area contributed by atoms with Gasteiger partial charge in [-0.25, -0.2) is 4.57 Å². The molecule has 8 heteroatoms. The second kappa shape index (κ2) is 10.3. The highest BCUT2D eigenvalue weighted by Crippen LogP contribution is 2.35. The first-order chi connectivity index (χ1) is 8.85. The Kier molecular flexibility index (Phi) is 10.1. The van der Waals surface area contributed by atoms with Gasteiger partial charge in [0.2, 0.25) is 0 Å². The van der Waals surface area contributed by atoms with Gasteiger partial charge in [0.15, 0.2) is 0 Å². The lowest BCUT2D eigenvalue weighted by atomic mass is 10.1. The van der Waals surface area contributed by atoms with Gasteiger partial charge >= 0.3 is 13.8 Å². The van der Waals surface area contributed by atoms with Crippen LogP contribution in [0.25, 0.3) is 0 Å². The molecule has 0 rings (SSSR count). The van der Waals surface area contributed by atoms with Crippen molar-refractivity contribution < 1.29 is 33.5 Å². The van der Waals surface area contributed by atoms with Gasteiger partial charge in [-0.1, -0.05) is 32.6 Å². The zero-order valence-electron chi connectivity index (χ0n) is 11.2. The van der Waals surface area contributed by atoms with Gasteiger partial charge in [-0.3, -0.25) is 9.32 Å². The van der Waals surface area contributed by atoms with Crippen LogP contribution in [-0.4, -0.2) is 40.2 Å². The predicted octanol–water partition coefficient (Wildman–Crippen LogP) is 1.36. The molecule has 7 nitrogen and oxygen atoms in total. The first kappa shape index (κ1) is 18.5. The van der Waals surface area contributed by atoms with Crippen LogP contribution in [0, 0.1) is 0 Å². The van der Waals surface area contributed by atoms with Crippen molar-refractivity contribution >= 4 is 13.8 Å². The molecule has 0 spiro atoms. The van der Waals surface area contributed by atoms with Crippen LogP contribution in [0.1, 0.15) is 45.4 Å². The highest BCUT2D eigenvalue weighted by atomic mass is 31.2. The van der Waals surface area contributed by atoms with Crippen molar-refractivity contribution in [2.45, 2.75) is 51.6 Å². The number of carbonyl (C=O) groups is 1. The summed E-state index contributed by atoms with van der Waals surface area (Å²) in [6.45, 7) is 1.21. The van der Waals surface area contributed by atoms with Gasteiger partial charge < -0.3 is 19.6 Å². The van der Waals surface area contributed by atoms with Crippen LogP contribution in [0.5, 0.6) is 0 Å². The molecule has 0 heterocycles. The Labute approximate surface area is 113 Å². The molecule has 0 fully saturated rings. The first-order valence-corrected chi connectivity index (χ1v) is 7.92. The Hall–Kier alpha value is -0.460. The van der Waals surface area contributed by atoms with Crippen LogP contribution in [0.15, 0.2) is 0 Å². The van der Waals surface area contributed by atoms with Gasteiger partial charge in [0.1, 0.15) is 12.7 Å². The van der Waals surface area contributed by atoms with Crippen LogP contribution in [-0.2, 0) is 18.6 Å². The van der Waals surface area contributed by atoms with E-state index in [4.69, 9.17) is 14.5 Å². The summed E-state index contributed by atoms with van der Waals surface area (Å²) < 4.78 is 19.2. The highest BCUT2D eigenvalue weighted by molar-refractivity contribution is 7.46. The van der Waals surface area contributed by atoms with Crippen LogP contribution in [0.3, 0.4) is 0 Å². The van der Waals surface area contributed by atoms with E-state index in [1.807, 2.05) is 0 Å². The number of phosphoric acid groups is 1. The van der Waals surface area contributed by atoms with Crippen molar-refractivity contribution in [1.82, 2.24) is 0 Å². The van der Waals surface area contributed by atoms with E-state index in [-0.39, 0.29) is 13.0 Å². The van der Waals surface area contributed by atoms with E-state index in [1.165, 1.54) is 0 Å². The summed E-state index contributed by atoms with van der Waals surface area (Å²) in [7, 11) is -4.60. The summed E-state index contributed by atoms with van der Waals surface area (Å²) in [5.74, 6) is -0.424. The number of rotatable bonds is 11. The molecule has 0 amide bonds. The van der Waals surface area contributed by atoms with Crippen LogP contribution < -0.4 is 0 Å².